The number of thioether (sulfide) groups is 1. The highest BCUT2D eigenvalue weighted by atomic mass is 35.5. The van der Waals surface area contributed by atoms with Crippen LogP contribution in [0.15, 0.2) is 77.0 Å². The number of nitrogens with zero attached hydrogens (tertiary/aromatic N) is 1. The second-order valence-corrected chi connectivity index (χ2v) is 10.1. The Morgan fingerprint density at radius 1 is 0.917 bits per heavy atom. The van der Waals surface area contributed by atoms with Crippen molar-refractivity contribution in [3.05, 3.63) is 93.3 Å². The summed E-state index contributed by atoms with van der Waals surface area (Å²) < 4.78 is 0. The number of hydrogen-bond acceptors (Lipinski definition) is 6. The Labute approximate surface area is 224 Å². The van der Waals surface area contributed by atoms with Crippen LogP contribution in [0, 0.1) is 0 Å². The summed E-state index contributed by atoms with van der Waals surface area (Å²) in [6, 6.07) is 18.1. The molecule has 0 bridgehead atoms. The summed E-state index contributed by atoms with van der Waals surface area (Å²) in [5.41, 5.74) is 1.99. The molecule has 7 nitrogen and oxygen atoms in total. The predicted octanol–water partition coefficient (Wildman–Crippen LogP) is 6.80. The second kappa shape index (κ2) is 11.6. The predicted molar refractivity (Wildman–Crippen MR) is 145 cm³/mol. The zero-order chi connectivity index (χ0) is 25.7. The Morgan fingerprint density at radius 2 is 1.64 bits per heavy atom. The zero-order valence-electron chi connectivity index (χ0n) is 18.3. The van der Waals surface area contributed by atoms with Crippen LogP contribution in [0.4, 0.5) is 10.8 Å². The summed E-state index contributed by atoms with van der Waals surface area (Å²) in [6.45, 7) is 0. The summed E-state index contributed by atoms with van der Waals surface area (Å²) >= 11 is 14.7. The molecule has 0 aliphatic rings. The molecular formula is C25H17Cl2N3O4S2. The van der Waals surface area contributed by atoms with Crippen LogP contribution in [0.5, 0.6) is 0 Å². The van der Waals surface area contributed by atoms with Gasteiger partial charge in [-0.05, 0) is 48.5 Å². The van der Waals surface area contributed by atoms with E-state index in [1.165, 1.54) is 35.2 Å². The Bertz CT molecular complexity index is 1440. The number of carboxylic acid groups (broad SMARTS) is 1. The van der Waals surface area contributed by atoms with Gasteiger partial charge in [0, 0.05) is 21.5 Å². The number of halogens is 2. The van der Waals surface area contributed by atoms with E-state index in [4.69, 9.17) is 23.2 Å². The molecule has 2 amide bonds. The molecule has 0 spiro atoms. The van der Waals surface area contributed by atoms with Gasteiger partial charge in [-0.25, -0.2) is 9.78 Å². The number of aromatic carboxylic acids is 1. The molecule has 0 saturated heterocycles. The van der Waals surface area contributed by atoms with E-state index in [0.29, 0.717) is 26.6 Å². The van der Waals surface area contributed by atoms with E-state index in [9.17, 15) is 19.5 Å². The Kier molecular flexibility index (Phi) is 8.27. The maximum Gasteiger partial charge on any atom is 0.336 e. The number of rotatable bonds is 8. The van der Waals surface area contributed by atoms with Crippen molar-refractivity contribution >= 4 is 74.9 Å². The SMILES string of the molecule is O=C(CSc1ccc(NC(=O)c2ccccc2C(=O)O)cc1)Nc1nc(-c2ccc(Cl)c(Cl)c2)cs1. The van der Waals surface area contributed by atoms with Crippen molar-refractivity contribution in [1.82, 2.24) is 4.98 Å². The largest absolute Gasteiger partial charge is 0.478 e. The minimum Gasteiger partial charge on any atom is -0.478 e. The van der Waals surface area contributed by atoms with Crippen LogP contribution in [0.3, 0.4) is 0 Å². The van der Waals surface area contributed by atoms with Crippen LogP contribution >= 0.6 is 46.3 Å². The average molecular weight is 558 g/mol. The van der Waals surface area contributed by atoms with Gasteiger partial charge in [0.25, 0.3) is 5.91 Å². The standard InChI is InChI=1S/C25H17Cl2N3O4S2/c26-19-10-5-14(11-20(19)27)21-12-36-25(29-21)30-22(31)13-35-16-8-6-15(7-9-16)28-23(32)17-3-1-2-4-18(17)24(33)34/h1-12H,13H2,(H,28,32)(H,33,34)(H,29,30,31). The molecule has 4 aromatic rings. The van der Waals surface area contributed by atoms with Crippen LogP contribution in [0.2, 0.25) is 10.0 Å². The van der Waals surface area contributed by atoms with E-state index in [1.807, 2.05) is 11.4 Å². The number of nitrogens with one attached hydrogen (secondary N) is 2. The highest BCUT2D eigenvalue weighted by Crippen LogP contribution is 2.30. The van der Waals surface area contributed by atoms with Gasteiger partial charge in [-0.15, -0.1) is 23.1 Å². The van der Waals surface area contributed by atoms with Crippen molar-refractivity contribution in [2.24, 2.45) is 0 Å². The van der Waals surface area contributed by atoms with E-state index in [2.05, 4.69) is 15.6 Å². The molecule has 0 unspecified atom stereocenters. The molecule has 36 heavy (non-hydrogen) atoms. The number of amides is 2. The van der Waals surface area contributed by atoms with Gasteiger partial charge in [-0.3, -0.25) is 9.59 Å². The first-order valence-electron chi connectivity index (χ1n) is 10.4. The number of aromatic nitrogens is 1. The van der Waals surface area contributed by atoms with Gasteiger partial charge < -0.3 is 15.7 Å². The highest BCUT2D eigenvalue weighted by Gasteiger charge is 2.16. The molecule has 3 N–H and O–H groups in total. The molecule has 0 fully saturated rings. The fourth-order valence-corrected chi connectivity index (χ4v) is 4.86. The molecule has 0 saturated carbocycles. The van der Waals surface area contributed by atoms with Crippen molar-refractivity contribution in [2.45, 2.75) is 4.90 Å². The summed E-state index contributed by atoms with van der Waals surface area (Å²) in [6.07, 6.45) is 0. The van der Waals surface area contributed by atoms with Gasteiger partial charge in [0.05, 0.1) is 32.6 Å². The first-order valence-corrected chi connectivity index (χ1v) is 13.0. The van der Waals surface area contributed by atoms with Gasteiger partial charge in [0.2, 0.25) is 5.91 Å². The topological polar surface area (TPSA) is 108 Å². The first kappa shape index (κ1) is 25.7. The quantitative estimate of drug-likeness (QED) is 0.205. The summed E-state index contributed by atoms with van der Waals surface area (Å²) in [5, 5.41) is 17.9. The van der Waals surface area contributed by atoms with Crippen LogP contribution in [0.25, 0.3) is 11.3 Å². The number of anilines is 2. The van der Waals surface area contributed by atoms with E-state index < -0.39 is 11.9 Å². The molecule has 0 atom stereocenters. The molecule has 11 heteroatoms. The third kappa shape index (κ3) is 6.44. The molecule has 0 aliphatic carbocycles. The Hall–Kier alpha value is -3.37. The minimum absolute atomic E-state index is 0.0718. The van der Waals surface area contributed by atoms with Gasteiger partial charge in [0.1, 0.15) is 0 Å². The lowest BCUT2D eigenvalue weighted by atomic mass is 10.1. The molecule has 182 valence electrons. The fourth-order valence-electron chi connectivity index (χ4n) is 3.12. The van der Waals surface area contributed by atoms with Crippen molar-refractivity contribution in [1.29, 1.82) is 0 Å². The van der Waals surface area contributed by atoms with Crippen LogP contribution in [-0.4, -0.2) is 33.6 Å². The molecule has 3 aromatic carbocycles. The first-order chi connectivity index (χ1) is 17.3. The fraction of sp³-hybridized carbons (Fsp3) is 0.0400. The number of carbonyl (C=O) groups excluding carboxylic acids is 2. The van der Waals surface area contributed by atoms with Gasteiger partial charge >= 0.3 is 5.97 Å². The van der Waals surface area contributed by atoms with Crippen LogP contribution < -0.4 is 10.6 Å². The molecule has 1 aromatic heterocycles. The Balaban J connectivity index is 1.30. The van der Waals surface area contributed by atoms with E-state index in [1.54, 1.807) is 48.5 Å². The molecule has 1 heterocycles. The molecule has 0 aliphatic heterocycles. The third-order valence-corrected chi connectivity index (χ3v) is 7.36. The van der Waals surface area contributed by atoms with E-state index in [0.717, 1.165) is 10.5 Å². The van der Waals surface area contributed by atoms with Gasteiger partial charge in [-0.1, -0.05) is 41.4 Å². The lowest BCUT2D eigenvalue weighted by Crippen LogP contribution is -2.16. The Morgan fingerprint density at radius 3 is 2.33 bits per heavy atom. The molecule has 4 rings (SSSR count). The van der Waals surface area contributed by atoms with Crippen molar-refractivity contribution in [3.8, 4) is 11.3 Å². The third-order valence-electron chi connectivity index (χ3n) is 4.85. The summed E-state index contributed by atoms with van der Waals surface area (Å²) in [7, 11) is 0. The number of carboxylic acids is 1. The summed E-state index contributed by atoms with van der Waals surface area (Å²) in [5.74, 6) is -1.73. The molecular weight excluding hydrogens is 541 g/mol. The second-order valence-electron chi connectivity index (χ2n) is 7.33. The smallest absolute Gasteiger partial charge is 0.336 e. The lowest BCUT2D eigenvalue weighted by molar-refractivity contribution is -0.113. The monoisotopic (exact) mass is 557 g/mol. The van der Waals surface area contributed by atoms with Crippen molar-refractivity contribution in [3.63, 3.8) is 0 Å². The van der Waals surface area contributed by atoms with Gasteiger partial charge in [-0.2, -0.15) is 0 Å². The zero-order valence-corrected chi connectivity index (χ0v) is 21.5. The average Bonchev–Trinajstić information content (AvgIpc) is 3.33. The normalized spacial score (nSPS) is 10.6. The maximum atomic E-state index is 12.5. The van der Waals surface area contributed by atoms with Crippen molar-refractivity contribution < 1.29 is 19.5 Å². The summed E-state index contributed by atoms with van der Waals surface area (Å²) in [4.78, 5) is 41.4. The molecule has 0 radical (unpaired) electrons. The van der Waals surface area contributed by atoms with Crippen molar-refractivity contribution in [2.75, 3.05) is 16.4 Å². The van der Waals surface area contributed by atoms with E-state index in [-0.39, 0.29) is 22.8 Å². The number of benzene rings is 3. The highest BCUT2D eigenvalue weighted by molar-refractivity contribution is 8.00. The van der Waals surface area contributed by atoms with E-state index >= 15 is 0 Å². The minimum atomic E-state index is -1.17. The number of carbonyl (C=O) groups is 3. The number of thiazole rings is 1. The van der Waals surface area contributed by atoms with Crippen LogP contribution in [0.1, 0.15) is 20.7 Å². The number of hydrogen-bond donors (Lipinski definition) is 3. The lowest BCUT2D eigenvalue weighted by Gasteiger charge is -2.08. The van der Waals surface area contributed by atoms with Gasteiger partial charge in [0.15, 0.2) is 5.13 Å². The van der Waals surface area contributed by atoms with Crippen LogP contribution in [-0.2, 0) is 4.79 Å². The maximum absolute atomic E-state index is 12.5.